The molecule has 0 bridgehead atoms. The Morgan fingerprint density at radius 1 is 1.22 bits per heavy atom. The number of aromatic nitrogens is 2. The van der Waals surface area contributed by atoms with Crippen molar-refractivity contribution in [3.05, 3.63) is 27.7 Å². The van der Waals surface area contributed by atoms with Gasteiger partial charge in [-0.2, -0.15) is 0 Å². The van der Waals surface area contributed by atoms with E-state index in [4.69, 9.17) is 0 Å². The molecule has 0 saturated carbocycles. The van der Waals surface area contributed by atoms with Crippen molar-refractivity contribution >= 4 is 17.2 Å². The van der Waals surface area contributed by atoms with Crippen molar-refractivity contribution < 1.29 is 0 Å². The van der Waals surface area contributed by atoms with Gasteiger partial charge in [0, 0.05) is 27.9 Å². The van der Waals surface area contributed by atoms with E-state index in [1.165, 1.54) is 10.4 Å². The molecule has 0 fully saturated rings. The van der Waals surface area contributed by atoms with E-state index in [9.17, 15) is 0 Å². The van der Waals surface area contributed by atoms with Crippen LogP contribution in [0.3, 0.4) is 0 Å². The van der Waals surface area contributed by atoms with Crippen LogP contribution < -0.4 is 5.32 Å². The van der Waals surface area contributed by atoms with Crippen LogP contribution in [-0.2, 0) is 0 Å². The molecule has 2 heterocycles. The van der Waals surface area contributed by atoms with Crippen LogP contribution in [0.2, 0.25) is 0 Å². The van der Waals surface area contributed by atoms with Gasteiger partial charge in [-0.1, -0.05) is 6.92 Å². The highest BCUT2D eigenvalue weighted by Gasteiger charge is 2.11. The van der Waals surface area contributed by atoms with Crippen LogP contribution in [-0.4, -0.2) is 16.5 Å². The van der Waals surface area contributed by atoms with Gasteiger partial charge >= 0.3 is 0 Å². The first-order valence-electron chi connectivity index (χ1n) is 6.26. The van der Waals surface area contributed by atoms with Crippen LogP contribution >= 0.6 is 11.3 Å². The zero-order valence-electron chi connectivity index (χ0n) is 11.4. The maximum absolute atomic E-state index is 4.58. The number of aryl methyl sites for hydroxylation is 2. The molecule has 0 radical (unpaired) electrons. The van der Waals surface area contributed by atoms with Gasteiger partial charge in [0.05, 0.1) is 5.69 Å². The van der Waals surface area contributed by atoms with Crippen molar-refractivity contribution in [1.29, 1.82) is 0 Å². The summed E-state index contributed by atoms with van der Waals surface area (Å²) in [5, 5.41) is 5.53. The molecule has 0 aromatic carbocycles. The number of rotatable bonds is 4. The molecule has 96 valence electrons. The lowest BCUT2D eigenvalue weighted by Gasteiger charge is -2.11. The van der Waals surface area contributed by atoms with Gasteiger partial charge in [-0.3, -0.25) is 0 Å². The van der Waals surface area contributed by atoms with Crippen LogP contribution in [0.15, 0.2) is 11.4 Å². The zero-order valence-corrected chi connectivity index (χ0v) is 12.2. The average Bonchev–Trinajstić information content (AvgIpc) is 2.76. The van der Waals surface area contributed by atoms with E-state index in [2.05, 4.69) is 47.5 Å². The lowest BCUT2D eigenvalue weighted by molar-refractivity contribution is 0.948. The van der Waals surface area contributed by atoms with Crippen molar-refractivity contribution in [3.63, 3.8) is 0 Å². The van der Waals surface area contributed by atoms with Crippen LogP contribution in [0.1, 0.15) is 29.6 Å². The van der Waals surface area contributed by atoms with E-state index < -0.39 is 0 Å². The Balaban J connectivity index is 2.44. The van der Waals surface area contributed by atoms with E-state index in [-0.39, 0.29) is 0 Å². The van der Waals surface area contributed by atoms with Crippen molar-refractivity contribution in [1.82, 2.24) is 9.97 Å². The SMILES string of the molecule is CCCNc1nc(C)nc(-c2csc(C)c2)c1C. The van der Waals surface area contributed by atoms with E-state index >= 15 is 0 Å². The Kier molecular flexibility index (Phi) is 3.97. The number of anilines is 1. The van der Waals surface area contributed by atoms with Gasteiger partial charge in [-0.05, 0) is 33.3 Å². The normalized spacial score (nSPS) is 10.7. The number of hydrogen-bond donors (Lipinski definition) is 1. The van der Waals surface area contributed by atoms with Gasteiger partial charge in [0.2, 0.25) is 0 Å². The molecule has 18 heavy (non-hydrogen) atoms. The maximum atomic E-state index is 4.58. The zero-order chi connectivity index (χ0) is 13.1. The summed E-state index contributed by atoms with van der Waals surface area (Å²) in [6.07, 6.45) is 1.09. The fourth-order valence-corrected chi connectivity index (χ4v) is 2.58. The summed E-state index contributed by atoms with van der Waals surface area (Å²) in [6, 6.07) is 2.18. The van der Waals surface area contributed by atoms with Crippen molar-refractivity contribution in [2.45, 2.75) is 34.1 Å². The summed E-state index contributed by atoms with van der Waals surface area (Å²) in [7, 11) is 0. The van der Waals surface area contributed by atoms with E-state index in [1.807, 2.05) is 6.92 Å². The van der Waals surface area contributed by atoms with Crippen molar-refractivity contribution in [2.75, 3.05) is 11.9 Å². The van der Waals surface area contributed by atoms with Crippen LogP contribution in [0, 0.1) is 20.8 Å². The average molecular weight is 261 g/mol. The van der Waals surface area contributed by atoms with Gasteiger partial charge in [0.1, 0.15) is 11.6 Å². The largest absolute Gasteiger partial charge is 0.370 e. The van der Waals surface area contributed by atoms with Crippen molar-refractivity contribution in [3.8, 4) is 11.3 Å². The summed E-state index contributed by atoms with van der Waals surface area (Å²) in [4.78, 5) is 10.4. The minimum Gasteiger partial charge on any atom is -0.370 e. The molecule has 0 aliphatic carbocycles. The lowest BCUT2D eigenvalue weighted by atomic mass is 10.1. The van der Waals surface area contributed by atoms with E-state index in [0.29, 0.717) is 0 Å². The first-order chi connectivity index (χ1) is 8.61. The second-order valence-electron chi connectivity index (χ2n) is 4.47. The topological polar surface area (TPSA) is 37.8 Å². The van der Waals surface area contributed by atoms with Crippen molar-refractivity contribution in [2.24, 2.45) is 0 Å². The molecule has 1 N–H and O–H groups in total. The lowest BCUT2D eigenvalue weighted by Crippen LogP contribution is -2.07. The number of thiophene rings is 1. The molecule has 2 aromatic heterocycles. The fourth-order valence-electron chi connectivity index (χ4n) is 1.89. The molecule has 0 aliphatic rings. The molecular weight excluding hydrogens is 242 g/mol. The molecular formula is C14H19N3S. The van der Waals surface area contributed by atoms with Gasteiger partial charge in [0.25, 0.3) is 0 Å². The van der Waals surface area contributed by atoms with Gasteiger partial charge in [0.15, 0.2) is 0 Å². The third-order valence-corrected chi connectivity index (χ3v) is 3.67. The Morgan fingerprint density at radius 2 is 2.00 bits per heavy atom. The standard InChI is InChI=1S/C14H19N3S/c1-5-6-15-14-10(3)13(16-11(4)17-14)12-7-9(2)18-8-12/h7-8H,5-6H2,1-4H3,(H,15,16,17). The number of hydrogen-bond acceptors (Lipinski definition) is 4. The Hall–Kier alpha value is -1.42. The predicted octanol–water partition coefficient (Wildman–Crippen LogP) is 3.95. The van der Waals surface area contributed by atoms with Gasteiger partial charge in [-0.25, -0.2) is 9.97 Å². The second kappa shape index (κ2) is 5.48. The minimum atomic E-state index is 0.818. The van der Waals surface area contributed by atoms with Gasteiger partial charge in [-0.15, -0.1) is 11.3 Å². The molecule has 0 amide bonds. The third-order valence-electron chi connectivity index (χ3n) is 2.80. The molecule has 0 atom stereocenters. The summed E-state index contributed by atoms with van der Waals surface area (Å²) in [6.45, 7) is 9.24. The Labute approximate surface area is 112 Å². The number of nitrogens with zero attached hydrogens (tertiary/aromatic N) is 2. The summed E-state index contributed by atoms with van der Waals surface area (Å²) >= 11 is 1.76. The maximum Gasteiger partial charge on any atom is 0.133 e. The number of nitrogens with one attached hydrogen (secondary N) is 1. The Bertz CT molecular complexity index is 546. The first kappa shape index (κ1) is 13.0. The smallest absolute Gasteiger partial charge is 0.133 e. The molecule has 0 aliphatic heterocycles. The monoisotopic (exact) mass is 261 g/mol. The molecule has 0 saturated heterocycles. The van der Waals surface area contributed by atoms with E-state index in [0.717, 1.165) is 35.9 Å². The van der Waals surface area contributed by atoms with Crippen LogP contribution in [0.5, 0.6) is 0 Å². The molecule has 0 spiro atoms. The van der Waals surface area contributed by atoms with E-state index in [1.54, 1.807) is 11.3 Å². The summed E-state index contributed by atoms with van der Waals surface area (Å²) in [5.74, 6) is 1.78. The highest BCUT2D eigenvalue weighted by atomic mass is 32.1. The van der Waals surface area contributed by atoms with Crippen LogP contribution in [0.25, 0.3) is 11.3 Å². The van der Waals surface area contributed by atoms with Crippen LogP contribution in [0.4, 0.5) is 5.82 Å². The molecule has 4 heteroatoms. The molecule has 0 unspecified atom stereocenters. The quantitative estimate of drug-likeness (QED) is 0.905. The molecule has 2 rings (SSSR count). The minimum absolute atomic E-state index is 0.818. The fraction of sp³-hybridized carbons (Fsp3) is 0.429. The third kappa shape index (κ3) is 2.70. The molecule has 3 nitrogen and oxygen atoms in total. The van der Waals surface area contributed by atoms with Gasteiger partial charge < -0.3 is 5.32 Å². The Morgan fingerprint density at radius 3 is 2.61 bits per heavy atom. The first-order valence-corrected chi connectivity index (χ1v) is 7.14. The summed E-state index contributed by atoms with van der Waals surface area (Å²) < 4.78 is 0. The predicted molar refractivity (Wildman–Crippen MR) is 78.3 cm³/mol. The summed E-state index contributed by atoms with van der Waals surface area (Å²) in [5.41, 5.74) is 3.37. The highest BCUT2D eigenvalue weighted by Crippen LogP contribution is 2.29. The highest BCUT2D eigenvalue weighted by molar-refractivity contribution is 7.10. The molecule has 2 aromatic rings. The second-order valence-corrected chi connectivity index (χ2v) is 5.58.